The van der Waals surface area contributed by atoms with Crippen LogP contribution in [0.5, 0.6) is 5.75 Å². The molecule has 1 aromatic carbocycles. The summed E-state index contributed by atoms with van der Waals surface area (Å²) in [5.41, 5.74) is 1.87. The van der Waals surface area contributed by atoms with Crippen LogP contribution in [0, 0.1) is 6.92 Å². The summed E-state index contributed by atoms with van der Waals surface area (Å²) in [6.45, 7) is 2.13. The number of phenols is 1. The molecular weight excluding hydrogens is 230 g/mol. The van der Waals surface area contributed by atoms with E-state index in [2.05, 4.69) is 10.4 Å². The Bertz CT molecular complexity index is 575. The first-order chi connectivity index (χ1) is 8.59. The van der Waals surface area contributed by atoms with Crippen molar-refractivity contribution in [3.63, 3.8) is 0 Å². The second-order valence-electron chi connectivity index (χ2n) is 4.10. The molecule has 0 spiro atoms. The van der Waals surface area contributed by atoms with Crippen molar-refractivity contribution in [3.05, 3.63) is 47.3 Å². The smallest absolute Gasteiger partial charge is 0.255 e. The number of phenolic OH excluding ortho intramolecular Hbond substituents is 1. The van der Waals surface area contributed by atoms with Crippen molar-refractivity contribution in [3.8, 4) is 5.75 Å². The Balaban J connectivity index is 2.09. The number of aromatic hydroxyl groups is 1. The number of aromatic nitrogens is 2. The minimum Gasteiger partial charge on any atom is -0.507 e. The summed E-state index contributed by atoms with van der Waals surface area (Å²) < 4.78 is 1.69. The molecule has 94 valence electrons. The molecule has 0 aliphatic carbocycles. The van der Waals surface area contributed by atoms with Gasteiger partial charge in [-0.2, -0.15) is 5.10 Å². The number of hydrogen-bond donors (Lipinski definition) is 2. The zero-order valence-electron chi connectivity index (χ0n) is 10.3. The quantitative estimate of drug-likeness (QED) is 0.858. The van der Waals surface area contributed by atoms with Gasteiger partial charge >= 0.3 is 0 Å². The predicted octanol–water partition coefficient (Wildman–Crippen LogP) is 1.36. The monoisotopic (exact) mass is 245 g/mol. The summed E-state index contributed by atoms with van der Waals surface area (Å²) in [6, 6.07) is 6.93. The summed E-state index contributed by atoms with van der Waals surface area (Å²) in [6.07, 6.45) is 1.67. The van der Waals surface area contributed by atoms with E-state index in [1.165, 1.54) is 0 Å². The Hall–Kier alpha value is -2.30. The molecule has 1 amide bonds. The van der Waals surface area contributed by atoms with Gasteiger partial charge in [0.05, 0.1) is 17.8 Å². The van der Waals surface area contributed by atoms with Gasteiger partial charge in [-0.05, 0) is 24.6 Å². The molecule has 5 nitrogen and oxygen atoms in total. The number of nitrogens with one attached hydrogen (secondary N) is 1. The lowest BCUT2D eigenvalue weighted by atomic mass is 10.1. The first kappa shape index (κ1) is 12.2. The van der Waals surface area contributed by atoms with Crippen molar-refractivity contribution in [2.75, 3.05) is 0 Å². The van der Waals surface area contributed by atoms with Crippen molar-refractivity contribution in [1.82, 2.24) is 15.1 Å². The average Bonchev–Trinajstić information content (AvgIpc) is 2.75. The first-order valence-electron chi connectivity index (χ1n) is 5.63. The Labute approximate surface area is 105 Å². The molecule has 0 radical (unpaired) electrons. The average molecular weight is 245 g/mol. The fraction of sp³-hybridized carbons (Fsp3) is 0.231. The molecule has 0 aliphatic rings. The number of hydrogen-bond acceptors (Lipinski definition) is 3. The number of amides is 1. The standard InChI is InChI=1S/C13H15N3O2/c1-9-4-3-5-11(12(9)17)13(18)14-8-10-6-7-15-16(10)2/h3-7,17H,8H2,1-2H3,(H,14,18). The fourth-order valence-corrected chi connectivity index (χ4v) is 1.68. The number of rotatable bonds is 3. The van der Waals surface area contributed by atoms with Crippen LogP contribution in [-0.4, -0.2) is 20.8 Å². The molecule has 2 aromatic rings. The van der Waals surface area contributed by atoms with Crippen LogP contribution in [0.15, 0.2) is 30.5 Å². The number of carbonyl (C=O) groups is 1. The minimum atomic E-state index is -0.294. The highest BCUT2D eigenvalue weighted by molar-refractivity contribution is 5.97. The summed E-state index contributed by atoms with van der Waals surface area (Å²) in [4.78, 5) is 11.9. The van der Waals surface area contributed by atoms with Crippen LogP contribution < -0.4 is 5.32 Å². The van der Waals surface area contributed by atoms with Gasteiger partial charge < -0.3 is 10.4 Å². The lowest BCUT2D eigenvalue weighted by Crippen LogP contribution is -2.24. The van der Waals surface area contributed by atoms with E-state index in [1.54, 1.807) is 36.0 Å². The third-order valence-corrected chi connectivity index (χ3v) is 2.83. The minimum absolute atomic E-state index is 0.0278. The molecule has 0 atom stereocenters. The number of nitrogens with zero attached hydrogens (tertiary/aromatic N) is 2. The molecular formula is C13H15N3O2. The van der Waals surface area contributed by atoms with E-state index < -0.39 is 0 Å². The SMILES string of the molecule is Cc1cccc(C(=O)NCc2ccnn2C)c1O. The van der Waals surface area contributed by atoms with Crippen molar-refractivity contribution in [1.29, 1.82) is 0 Å². The van der Waals surface area contributed by atoms with E-state index in [-0.39, 0.29) is 17.2 Å². The van der Waals surface area contributed by atoms with Crippen LogP contribution in [-0.2, 0) is 13.6 Å². The summed E-state index contributed by atoms with van der Waals surface area (Å²) in [7, 11) is 1.81. The van der Waals surface area contributed by atoms with Gasteiger partial charge in [-0.15, -0.1) is 0 Å². The van der Waals surface area contributed by atoms with E-state index in [4.69, 9.17) is 0 Å². The van der Waals surface area contributed by atoms with Crippen LogP contribution in [0.1, 0.15) is 21.6 Å². The Morgan fingerprint density at radius 3 is 2.89 bits per heavy atom. The first-order valence-corrected chi connectivity index (χ1v) is 5.63. The van der Waals surface area contributed by atoms with Crippen LogP contribution >= 0.6 is 0 Å². The highest BCUT2D eigenvalue weighted by atomic mass is 16.3. The maximum absolute atomic E-state index is 11.9. The summed E-state index contributed by atoms with van der Waals surface area (Å²) >= 11 is 0. The molecule has 0 aliphatic heterocycles. The summed E-state index contributed by atoms with van der Waals surface area (Å²) in [5.74, 6) is -0.266. The molecule has 2 rings (SSSR count). The Morgan fingerprint density at radius 2 is 2.22 bits per heavy atom. The van der Waals surface area contributed by atoms with Crippen molar-refractivity contribution >= 4 is 5.91 Å². The molecule has 0 bridgehead atoms. The van der Waals surface area contributed by atoms with Gasteiger partial charge in [0.15, 0.2) is 0 Å². The fourth-order valence-electron chi connectivity index (χ4n) is 1.68. The van der Waals surface area contributed by atoms with Gasteiger partial charge in [0.2, 0.25) is 0 Å². The number of benzene rings is 1. The van der Waals surface area contributed by atoms with E-state index >= 15 is 0 Å². The highest BCUT2D eigenvalue weighted by Gasteiger charge is 2.12. The molecule has 0 saturated carbocycles. The van der Waals surface area contributed by atoms with E-state index in [0.29, 0.717) is 12.1 Å². The number of aryl methyl sites for hydroxylation is 2. The zero-order chi connectivity index (χ0) is 13.1. The Morgan fingerprint density at radius 1 is 1.44 bits per heavy atom. The van der Waals surface area contributed by atoms with E-state index in [0.717, 1.165) is 5.69 Å². The van der Waals surface area contributed by atoms with E-state index in [1.807, 2.05) is 13.1 Å². The lowest BCUT2D eigenvalue weighted by molar-refractivity contribution is 0.0947. The number of carbonyl (C=O) groups excluding carboxylic acids is 1. The molecule has 0 unspecified atom stereocenters. The van der Waals surface area contributed by atoms with Gasteiger partial charge in [0.1, 0.15) is 5.75 Å². The lowest BCUT2D eigenvalue weighted by Gasteiger charge is -2.08. The van der Waals surface area contributed by atoms with Gasteiger partial charge in [0.25, 0.3) is 5.91 Å². The van der Waals surface area contributed by atoms with Gasteiger partial charge in [-0.25, -0.2) is 0 Å². The van der Waals surface area contributed by atoms with E-state index in [9.17, 15) is 9.90 Å². The molecule has 0 saturated heterocycles. The van der Waals surface area contributed by atoms with Crippen LogP contribution in [0.3, 0.4) is 0 Å². The van der Waals surface area contributed by atoms with Crippen molar-refractivity contribution in [2.45, 2.75) is 13.5 Å². The number of para-hydroxylation sites is 1. The molecule has 0 fully saturated rings. The maximum atomic E-state index is 11.9. The molecule has 1 heterocycles. The predicted molar refractivity (Wildman–Crippen MR) is 67.2 cm³/mol. The molecule has 5 heteroatoms. The normalized spacial score (nSPS) is 10.3. The molecule has 18 heavy (non-hydrogen) atoms. The largest absolute Gasteiger partial charge is 0.507 e. The molecule has 2 N–H and O–H groups in total. The van der Waals surface area contributed by atoms with Crippen molar-refractivity contribution < 1.29 is 9.90 Å². The molecule has 1 aromatic heterocycles. The maximum Gasteiger partial charge on any atom is 0.255 e. The van der Waals surface area contributed by atoms with Gasteiger partial charge in [0, 0.05) is 13.2 Å². The van der Waals surface area contributed by atoms with Crippen LogP contribution in [0.2, 0.25) is 0 Å². The van der Waals surface area contributed by atoms with Crippen LogP contribution in [0.4, 0.5) is 0 Å². The third kappa shape index (κ3) is 2.34. The zero-order valence-corrected chi connectivity index (χ0v) is 10.3. The highest BCUT2D eigenvalue weighted by Crippen LogP contribution is 2.21. The summed E-state index contributed by atoms with van der Waals surface area (Å²) in [5, 5.41) is 16.6. The topological polar surface area (TPSA) is 67.2 Å². The van der Waals surface area contributed by atoms with Gasteiger partial charge in [-0.1, -0.05) is 12.1 Å². The second kappa shape index (κ2) is 4.91. The third-order valence-electron chi connectivity index (χ3n) is 2.83. The van der Waals surface area contributed by atoms with Crippen LogP contribution in [0.25, 0.3) is 0 Å². The second-order valence-corrected chi connectivity index (χ2v) is 4.10. The van der Waals surface area contributed by atoms with Gasteiger partial charge in [-0.3, -0.25) is 9.48 Å². The Kier molecular flexibility index (Phi) is 3.32. The van der Waals surface area contributed by atoms with Crippen molar-refractivity contribution in [2.24, 2.45) is 7.05 Å².